The first-order valence-electron chi connectivity index (χ1n) is 6.75. The molecule has 7 nitrogen and oxygen atoms in total. The van der Waals surface area contributed by atoms with Crippen LogP contribution in [-0.4, -0.2) is 53.6 Å². The lowest BCUT2D eigenvalue weighted by atomic mass is 9.96. The van der Waals surface area contributed by atoms with Crippen LogP contribution in [0.2, 0.25) is 0 Å². The molecule has 0 aliphatic carbocycles. The largest absolute Gasteiger partial charge is 0.481 e. The standard InChI is InChI=1S/C13H23N3O4/c1-13(2,8-10(17)18)15-12(20)16-6-4-9(5-7-16)11(19)14-3/h9H,4-8H2,1-3H3,(H,14,19)(H,15,20)(H,17,18). The van der Waals surface area contributed by atoms with Gasteiger partial charge in [-0.3, -0.25) is 9.59 Å². The normalized spacial score (nSPS) is 16.6. The summed E-state index contributed by atoms with van der Waals surface area (Å²) in [6.07, 6.45) is 1.13. The first kappa shape index (κ1) is 16.3. The Kier molecular flexibility index (Phi) is 5.35. The van der Waals surface area contributed by atoms with E-state index in [1.54, 1.807) is 25.8 Å². The van der Waals surface area contributed by atoms with Crippen molar-refractivity contribution in [3.63, 3.8) is 0 Å². The van der Waals surface area contributed by atoms with Crippen LogP contribution in [0.1, 0.15) is 33.1 Å². The number of likely N-dealkylation sites (tertiary alicyclic amines) is 1. The van der Waals surface area contributed by atoms with Crippen LogP contribution >= 0.6 is 0 Å². The highest BCUT2D eigenvalue weighted by Gasteiger charge is 2.30. The van der Waals surface area contributed by atoms with Crippen molar-refractivity contribution in [1.29, 1.82) is 0 Å². The Hall–Kier alpha value is -1.79. The van der Waals surface area contributed by atoms with Gasteiger partial charge in [0.15, 0.2) is 0 Å². The number of hydrogen-bond acceptors (Lipinski definition) is 3. The van der Waals surface area contributed by atoms with Gasteiger partial charge in [-0.1, -0.05) is 0 Å². The third-order valence-electron chi connectivity index (χ3n) is 3.44. The minimum Gasteiger partial charge on any atom is -0.481 e. The Labute approximate surface area is 118 Å². The van der Waals surface area contributed by atoms with Crippen LogP contribution in [0.5, 0.6) is 0 Å². The van der Waals surface area contributed by atoms with Crippen LogP contribution in [0.15, 0.2) is 0 Å². The molecule has 0 bridgehead atoms. The van der Waals surface area contributed by atoms with Crippen LogP contribution < -0.4 is 10.6 Å². The zero-order valence-corrected chi connectivity index (χ0v) is 12.2. The lowest BCUT2D eigenvalue weighted by Crippen LogP contribution is -2.53. The molecule has 0 radical (unpaired) electrons. The Morgan fingerprint density at radius 1 is 1.25 bits per heavy atom. The Balaban J connectivity index is 2.47. The van der Waals surface area contributed by atoms with E-state index in [-0.39, 0.29) is 24.3 Å². The van der Waals surface area contributed by atoms with Crippen LogP contribution in [0, 0.1) is 5.92 Å². The maximum atomic E-state index is 12.1. The maximum absolute atomic E-state index is 12.1. The summed E-state index contributed by atoms with van der Waals surface area (Å²) >= 11 is 0. The van der Waals surface area contributed by atoms with Crippen molar-refractivity contribution in [3.8, 4) is 0 Å². The van der Waals surface area contributed by atoms with Crippen LogP contribution in [0.3, 0.4) is 0 Å². The number of urea groups is 1. The predicted octanol–water partition coefficient (Wildman–Crippen LogP) is 0.407. The fourth-order valence-corrected chi connectivity index (χ4v) is 2.34. The van der Waals surface area contributed by atoms with Crippen LogP contribution in [0.25, 0.3) is 0 Å². The third-order valence-corrected chi connectivity index (χ3v) is 3.44. The number of carbonyl (C=O) groups is 3. The smallest absolute Gasteiger partial charge is 0.317 e. The average Bonchev–Trinajstić information content (AvgIpc) is 2.35. The highest BCUT2D eigenvalue weighted by Crippen LogP contribution is 2.18. The molecule has 0 saturated carbocycles. The van der Waals surface area contributed by atoms with E-state index in [4.69, 9.17) is 5.11 Å². The van der Waals surface area contributed by atoms with E-state index in [0.717, 1.165) is 0 Å². The molecule has 1 rings (SSSR count). The number of carboxylic acids is 1. The predicted molar refractivity (Wildman–Crippen MR) is 73.2 cm³/mol. The topological polar surface area (TPSA) is 98.7 Å². The van der Waals surface area contributed by atoms with Crippen LogP contribution in [0.4, 0.5) is 4.79 Å². The zero-order chi connectivity index (χ0) is 15.3. The van der Waals surface area contributed by atoms with Gasteiger partial charge in [0.05, 0.1) is 6.42 Å². The van der Waals surface area contributed by atoms with Crippen molar-refractivity contribution in [1.82, 2.24) is 15.5 Å². The molecule has 0 aromatic carbocycles. The van der Waals surface area contributed by atoms with Gasteiger partial charge in [0.25, 0.3) is 0 Å². The molecule has 7 heteroatoms. The van der Waals surface area contributed by atoms with Crippen molar-refractivity contribution in [3.05, 3.63) is 0 Å². The number of carboxylic acid groups (broad SMARTS) is 1. The van der Waals surface area contributed by atoms with Gasteiger partial charge in [-0.15, -0.1) is 0 Å². The molecule has 0 aromatic rings. The second kappa shape index (κ2) is 6.58. The molecule has 0 spiro atoms. The average molecular weight is 285 g/mol. The summed E-state index contributed by atoms with van der Waals surface area (Å²) in [5.74, 6) is -0.985. The van der Waals surface area contributed by atoms with E-state index in [2.05, 4.69) is 10.6 Å². The number of nitrogens with zero attached hydrogens (tertiary/aromatic N) is 1. The van der Waals surface area contributed by atoms with Crippen molar-refractivity contribution in [2.75, 3.05) is 20.1 Å². The molecule has 3 amide bonds. The van der Waals surface area contributed by atoms with Crippen molar-refractivity contribution < 1.29 is 19.5 Å². The first-order valence-corrected chi connectivity index (χ1v) is 6.75. The number of aliphatic carboxylic acids is 1. The van der Waals surface area contributed by atoms with E-state index >= 15 is 0 Å². The fraction of sp³-hybridized carbons (Fsp3) is 0.769. The molecule has 20 heavy (non-hydrogen) atoms. The number of amides is 3. The minimum atomic E-state index is -0.950. The number of hydrogen-bond donors (Lipinski definition) is 3. The Morgan fingerprint density at radius 3 is 2.25 bits per heavy atom. The van der Waals surface area contributed by atoms with Gasteiger partial charge in [-0.25, -0.2) is 4.79 Å². The van der Waals surface area contributed by atoms with Gasteiger partial charge in [0, 0.05) is 31.6 Å². The van der Waals surface area contributed by atoms with Gasteiger partial charge >= 0.3 is 12.0 Å². The summed E-state index contributed by atoms with van der Waals surface area (Å²) in [4.78, 5) is 35.9. The molecule has 114 valence electrons. The minimum absolute atomic E-state index is 0.0104. The van der Waals surface area contributed by atoms with Gasteiger partial charge in [0.2, 0.25) is 5.91 Å². The quantitative estimate of drug-likeness (QED) is 0.696. The summed E-state index contributed by atoms with van der Waals surface area (Å²) in [7, 11) is 1.61. The zero-order valence-electron chi connectivity index (χ0n) is 12.2. The van der Waals surface area contributed by atoms with E-state index in [9.17, 15) is 14.4 Å². The lowest BCUT2D eigenvalue weighted by molar-refractivity contribution is -0.138. The van der Waals surface area contributed by atoms with E-state index in [1.165, 1.54) is 0 Å². The summed E-state index contributed by atoms with van der Waals surface area (Å²) in [5, 5.41) is 14.1. The maximum Gasteiger partial charge on any atom is 0.317 e. The second-order valence-electron chi connectivity index (χ2n) is 5.76. The van der Waals surface area contributed by atoms with Gasteiger partial charge in [-0.05, 0) is 26.7 Å². The Bertz CT molecular complexity index is 387. The molecule has 0 unspecified atom stereocenters. The van der Waals surface area contributed by atoms with Gasteiger partial charge in [-0.2, -0.15) is 0 Å². The fourth-order valence-electron chi connectivity index (χ4n) is 2.34. The molecule has 1 heterocycles. The summed E-state index contributed by atoms with van der Waals surface area (Å²) in [6, 6.07) is -0.272. The SMILES string of the molecule is CNC(=O)C1CCN(C(=O)NC(C)(C)CC(=O)O)CC1. The van der Waals surface area contributed by atoms with E-state index < -0.39 is 11.5 Å². The molecule has 1 aliphatic heterocycles. The number of carbonyl (C=O) groups excluding carboxylic acids is 2. The van der Waals surface area contributed by atoms with Crippen molar-refractivity contribution in [2.24, 2.45) is 5.92 Å². The number of piperidine rings is 1. The molecule has 0 aromatic heterocycles. The highest BCUT2D eigenvalue weighted by atomic mass is 16.4. The monoisotopic (exact) mass is 285 g/mol. The molecule has 0 atom stereocenters. The Morgan fingerprint density at radius 2 is 1.80 bits per heavy atom. The first-order chi connectivity index (χ1) is 9.25. The van der Waals surface area contributed by atoms with Crippen molar-refractivity contribution in [2.45, 2.75) is 38.6 Å². The van der Waals surface area contributed by atoms with Crippen molar-refractivity contribution >= 4 is 17.9 Å². The highest BCUT2D eigenvalue weighted by molar-refractivity contribution is 5.80. The molecule has 1 aliphatic rings. The molecule has 1 saturated heterocycles. The number of nitrogens with one attached hydrogen (secondary N) is 2. The molecule has 3 N–H and O–H groups in total. The number of rotatable bonds is 4. The third kappa shape index (κ3) is 4.71. The molecule has 1 fully saturated rings. The van der Waals surface area contributed by atoms with Gasteiger partial charge in [0.1, 0.15) is 0 Å². The summed E-state index contributed by atoms with van der Waals surface area (Å²) in [6.45, 7) is 4.37. The van der Waals surface area contributed by atoms with E-state index in [1.807, 2.05) is 0 Å². The van der Waals surface area contributed by atoms with Gasteiger partial charge < -0.3 is 20.6 Å². The summed E-state index contributed by atoms with van der Waals surface area (Å²) < 4.78 is 0. The molecular weight excluding hydrogens is 262 g/mol. The second-order valence-corrected chi connectivity index (χ2v) is 5.76. The lowest BCUT2D eigenvalue weighted by Gasteiger charge is -2.34. The van der Waals surface area contributed by atoms with Crippen LogP contribution in [-0.2, 0) is 9.59 Å². The molecular formula is C13H23N3O4. The van der Waals surface area contributed by atoms with E-state index in [0.29, 0.717) is 25.9 Å². The summed E-state index contributed by atoms with van der Waals surface area (Å²) in [5.41, 5.74) is -0.791.